The Balaban J connectivity index is 0. The summed E-state index contributed by atoms with van der Waals surface area (Å²) in [4.78, 5) is 14.7. The molecule has 1 atom stereocenters. The average Bonchev–Trinajstić information content (AvgIpc) is 2.34. The van der Waals surface area contributed by atoms with E-state index in [1.807, 2.05) is 0 Å². The Bertz CT molecular complexity index is 285. The molecule has 0 aromatic rings. The van der Waals surface area contributed by atoms with Crippen LogP contribution in [0.1, 0.15) is 47.5 Å². The zero-order valence-corrected chi connectivity index (χ0v) is 15.7. The van der Waals surface area contributed by atoms with Crippen molar-refractivity contribution in [3.63, 3.8) is 0 Å². The van der Waals surface area contributed by atoms with Gasteiger partial charge in [-0.05, 0) is 54.0 Å². The molecule has 128 valence electrons. The average molecular weight is 342 g/mol. The van der Waals surface area contributed by atoms with Gasteiger partial charge in [0.15, 0.2) is 0 Å². The van der Waals surface area contributed by atoms with Crippen LogP contribution in [0, 0.1) is 5.41 Å². The van der Waals surface area contributed by atoms with E-state index in [2.05, 4.69) is 50.2 Å². The summed E-state index contributed by atoms with van der Waals surface area (Å²) in [6.07, 6.45) is 2.08. The van der Waals surface area contributed by atoms with Crippen LogP contribution in [0.5, 0.6) is 0 Å². The van der Waals surface area contributed by atoms with Crippen LogP contribution >= 0.6 is 24.8 Å². The highest BCUT2D eigenvalue weighted by atomic mass is 35.5. The molecule has 21 heavy (non-hydrogen) atoms. The van der Waals surface area contributed by atoms with Gasteiger partial charge < -0.3 is 10.6 Å². The summed E-state index contributed by atoms with van der Waals surface area (Å²) in [7, 11) is 0. The molecule has 1 fully saturated rings. The van der Waals surface area contributed by atoms with Gasteiger partial charge in [-0.15, -0.1) is 24.8 Å². The molecule has 1 heterocycles. The predicted molar refractivity (Wildman–Crippen MR) is 94.7 cm³/mol. The van der Waals surface area contributed by atoms with Gasteiger partial charge in [0.25, 0.3) is 0 Å². The van der Waals surface area contributed by atoms with Crippen molar-refractivity contribution in [3.05, 3.63) is 0 Å². The van der Waals surface area contributed by atoms with Gasteiger partial charge in [0.05, 0.1) is 5.41 Å². The summed E-state index contributed by atoms with van der Waals surface area (Å²) < 4.78 is 0. The quantitative estimate of drug-likeness (QED) is 0.779. The normalized spacial score (nSPS) is 21.9. The second-order valence-electron chi connectivity index (χ2n) is 6.52. The van der Waals surface area contributed by atoms with Crippen molar-refractivity contribution >= 4 is 30.7 Å². The minimum atomic E-state index is -0.223. The highest BCUT2D eigenvalue weighted by molar-refractivity contribution is 5.85. The standard InChI is InChI=1S/C15H31N3O.2ClH/c1-12(2)18(13(3)4)10-9-17-14(19)15(5)7-6-8-16-11-15;;/h12-13,16H,6-11H2,1-5H3,(H,17,19);2*1H. The summed E-state index contributed by atoms with van der Waals surface area (Å²) in [5.74, 6) is 0.201. The largest absolute Gasteiger partial charge is 0.354 e. The van der Waals surface area contributed by atoms with Gasteiger partial charge in [0.1, 0.15) is 0 Å². The SMILES string of the molecule is CC(C)N(CCNC(=O)C1(C)CCCNC1)C(C)C.Cl.Cl. The van der Waals surface area contributed by atoms with E-state index in [1.54, 1.807) is 0 Å². The number of hydrogen-bond acceptors (Lipinski definition) is 3. The van der Waals surface area contributed by atoms with Crippen LogP contribution in [0.3, 0.4) is 0 Å². The summed E-state index contributed by atoms with van der Waals surface area (Å²) in [6, 6.07) is 1.03. The smallest absolute Gasteiger partial charge is 0.227 e. The zero-order chi connectivity index (χ0) is 14.5. The molecule has 1 aliphatic rings. The Labute approximate surface area is 142 Å². The van der Waals surface area contributed by atoms with Crippen molar-refractivity contribution in [2.75, 3.05) is 26.2 Å². The number of carbonyl (C=O) groups is 1. The predicted octanol–water partition coefficient (Wildman–Crippen LogP) is 2.45. The Morgan fingerprint density at radius 2 is 1.81 bits per heavy atom. The van der Waals surface area contributed by atoms with Gasteiger partial charge >= 0.3 is 0 Å². The lowest BCUT2D eigenvalue weighted by Gasteiger charge is -2.34. The van der Waals surface area contributed by atoms with E-state index < -0.39 is 0 Å². The summed E-state index contributed by atoms with van der Waals surface area (Å²) in [5, 5.41) is 6.43. The molecule has 0 radical (unpaired) electrons. The number of carbonyl (C=O) groups excluding carboxylic acids is 1. The van der Waals surface area contributed by atoms with Crippen LogP contribution in [0.15, 0.2) is 0 Å². The second kappa shape index (κ2) is 10.7. The third-order valence-electron chi connectivity index (χ3n) is 4.13. The van der Waals surface area contributed by atoms with Crippen molar-refractivity contribution in [2.45, 2.75) is 59.5 Å². The van der Waals surface area contributed by atoms with Gasteiger partial charge in [-0.2, -0.15) is 0 Å². The number of hydrogen-bond donors (Lipinski definition) is 2. The molecule has 1 aliphatic heterocycles. The van der Waals surface area contributed by atoms with Crippen LogP contribution in [0.2, 0.25) is 0 Å². The number of halogens is 2. The van der Waals surface area contributed by atoms with E-state index in [-0.39, 0.29) is 36.1 Å². The number of nitrogens with zero attached hydrogens (tertiary/aromatic N) is 1. The Kier molecular flexibility index (Phi) is 11.8. The van der Waals surface area contributed by atoms with E-state index in [0.717, 1.165) is 39.0 Å². The van der Waals surface area contributed by atoms with Crippen LogP contribution in [0.25, 0.3) is 0 Å². The maximum absolute atomic E-state index is 12.3. The van der Waals surface area contributed by atoms with Gasteiger partial charge in [-0.3, -0.25) is 9.69 Å². The molecule has 4 nitrogen and oxygen atoms in total. The highest BCUT2D eigenvalue weighted by Gasteiger charge is 2.34. The third-order valence-corrected chi connectivity index (χ3v) is 4.13. The minimum absolute atomic E-state index is 0. The fraction of sp³-hybridized carbons (Fsp3) is 0.933. The van der Waals surface area contributed by atoms with Crippen molar-refractivity contribution in [3.8, 4) is 0 Å². The van der Waals surface area contributed by atoms with E-state index in [1.165, 1.54) is 0 Å². The maximum Gasteiger partial charge on any atom is 0.227 e. The molecule has 0 saturated carbocycles. The molecule has 1 amide bonds. The van der Waals surface area contributed by atoms with Crippen molar-refractivity contribution in [1.29, 1.82) is 0 Å². The van der Waals surface area contributed by atoms with Crippen LogP contribution in [-0.4, -0.2) is 49.1 Å². The summed E-state index contributed by atoms with van der Waals surface area (Å²) in [5.41, 5.74) is -0.223. The van der Waals surface area contributed by atoms with Gasteiger partial charge in [-0.25, -0.2) is 0 Å². The van der Waals surface area contributed by atoms with Crippen molar-refractivity contribution in [2.24, 2.45) is 5.41 Å². The fourth-order valence-corrected chi connectivity index (χ4v) is 2.87. The molecule has 6 heteroatoms. The number of piperidine rings is 1. The van der Waals surface area contributed by atoms with Gasteiger partial charge in [0.2, 0.25) is 5.91 Å². The number of nitrogens with one attached hydrogen (secondary N) is 2. The van der Waals surface area contributed by atoms with E-state index >= 15 is 0 Å². The first-order valence-corrected chi connectivity index (χ1v) is 7.61. The first-order valence-electron chi connectivity index (χ1n) is 7.61. The maximum atomic E-state index is 12.3. The van der Waals surface area contributed by atoms with E-state index in [4.69, 9.17) is 0 Å². The summed E-state index contributed by atoms with van der Waals surface area (Å²) >= 11 is 0. The molecule has 2 N–H and O–H groups in total. The Morgan fingerprint density at radius 3 is 2.24 bits per heavy atom. The lowest BCUT2D eigenvalue weighted by Crippen LogP contribution is -2.50. The molecule has 0 spiro atoms. The van der Waals surface area contributed by atoms with Gasteiger partial charge in [-0.1, -0.05) is 0 Å². The lowest BCUT2D eigenvalue weighted by molar-refractivity contribution is -0.131. The number of amides is 1. The molecule has 0 bridgehead atoms. The lowest BCUT2D eigenvalue weighted by atomic mass is 9.82. The van der Waals surface area contributed by atoms with E-state index in [9.17, 15) is 4.79 Å². The Hall–Kier alpha value is -0.0300. The second-order valence-corrected chi connectivity index (χ2v) is 6.52. The van der Waals surface area contributed by atoms with Crippen molar-refractivity contribution in [1.82, 2.24) is 15.5 Å². The van der Waals surface area contributed by atoms with Crippen molar-refractivity contribution < 1.29 is 4.79 Å². The number of rotatable bonds is 6. The van der Waals surface area contributed by atoms with Crippen LogP contribution < -0.4 is 10.6 Å². The topological polar surface area (TPSA) is 44.4 Å². The molecule has 1 unspecified atom stereocenters. The Morgan fingerprint density at radius 1 is 1.24 bits per heavy atom. The van der Waals surface area contributed by atoms with E-state index in [0.29, 0.717) is 12.1 Å². The van der Waals surface area contributed by atoms with Gasteiger partial charge in [0, 0.05) is 31.7 Å². The first kappa shape index (κ1) is 23.2. The first-order chi connectivity index (χ1) is 8.87. The molecule has 0 aliphatic carbocycles. The molecule has 0 aromatic carbocycles. The third kappa shape index (κ3) is 7.18. The minimum Gasteiger partial charge on any atom is -0.354 e. The molecular weight excluding hydrogens is 309 g/mol. The monoisotopic (exact) mass is 341 g/mol. The molecular formula is C15H33Cl2N3O. The summed E-state index contributed by atoms with van der Waals surface area (Å²) in [6.45, 7) is 14.4. The zero-order valence-electron chi connectivity index (χ0n) is 14.1. The van der Waals surface area contributed by atoms with Crippen LogP contribution in [0.4, 0.5) is 0 Å². The fourth-order valence-electron chi connectivity index (χ4n) is 2.87. The molecule has 1 rings (SSSR count). The molecule has 0 aromatic heterocycles. The molecule has 1 saturated heterocycles. The highest BCUT2D eigenvalue weighted by Crippen LogP contribution is 2.25. The van der Waals surface area contributed by atoms with Crippen LogP contribution in [-0.2, 0) is 4.79 Å².